The van der Waals surface area contributed by atoms with Crippen LogP contribution in [0.4, 0.5) is 0 Å². The molecule has 1 atom stereocenters. The maximum absolute atomic E-state index is 12.5. The van der Waals surface area contributed by atoms with Crippen molar-refractivity contribution in [3.63, 3.8) is 0 Å². The van der Waals surface area contributed by atoms with Crippen molar-refractivity contribution in [1.82, 2.24) is 19.7 Å². The van der Waals surface area contributed by atoms with Gasteiger partial charge in [0.1, 0.15) is 6.04 Å². The van der Waals surface area contributed by atoms with Gasteiger partial charge in [-0.05, 0) is 44.2 Å². The van der Waals surface area contributed by atoms with Crippen LogP contribution in [0.5, 0.6) is 5.88 Å². The first-order valence-corrected chi connectivity index (χ1v) is 8.74. The normalized spacial score (nSPS) is 17.1. The summed E-state index contributed by atoms with van der Waals surface area (Å²) in [4.78, 5) is 30.0. The number of pyridine rings is 1. The molecule has 0 radical (unpaired) electrons. The van der Waals surface area contributed by atoms with Crippen LogP contribution in [0.1, 0.15) is 36.1 Å². The number of rotatable bonds is 5. The number of carboxylic acids is 1. The Morgan fingerprint density at radius 3 is 2.73 bits per heavy atom. The Labute approximate surface area is 151 Å². The van der Waals surface area contributed by atoms with Crippen LogP contribution >= 0.6 is 0 Å². The summed E-state index contributed by atoms with van der Waals surface area (Å²) in [7, 11) is 3.39. The Hall–Kier alpha value is -2.64. The quantitative estimate of drug-likeness (QED) is 0.870. The van der Waals surface area contributed by atoms with E-state index in [2.05, 4.69) is 10.1 Å². The summed E-state index contributed by atoms with van der Waals surface area (Å²) in [6, 6.07) is -0.691. The average Bonchev–Trinajstić information content (AvgIpc) is 3.20. The van der Waals surface area contributed by atoms with Gasteiger partial charge in [0.15, 0.2) is 5.65 Å². The fourth-order valence-corrected chi connectivity index (χ4v) is 3.80. The minimum absolute atomic E-state index is 0.119. The Kier molecular flexibility index (Phi) is 4.84. The first-order chi connectivity index (χ1) is 12.3. The number of likely N-dealkylation sites (tertiary alicyclic amines) is 1. The number of aromatic nitrogens is 3. The van der Waals surface area contributed by atoms with Gasteiger partial charge in [-0.15, -0.1) is 5.10 Å². The summed E-state index contributed by atoms with van der Waals surface area (Å²) in [5.41, 5.74) is 3.59. The molecule has 2 aromatic rings. The molecule has 0 aromatic carbocycles. The Bertz CT molecular complexity index is 874. The number of amides is 1. The summed E-state index contributed by atoms with van der Waals surface area (Å²) in [5.74, 6) is -0.524. The fraction of sp³-hybridized carbons (Fsp3) is 0.556. The zero-order valence-electron chi connectivity index (χ0n) is 15.6. The molecule has 26 heavy (non-hydrogen) atoms. The molecule has 3 heterocycles. The molecule has 8 nitrogen and oxygen atoms in total. The van der Waals surface area contributed by atoms with Gasteiger partial charge in [-0.25, -0.2) is 14.5 Å². The van der Waals surface area contributed by atoms with Crippen LogP contribution < -0.4 is 4.74 Å². The number of aliphatic carboxylic acids is 1. The van der Waals surface area contributed by atoms with Crippen LogP contribution in [0.2, 0.25) is 0 Å². The summed E-state index contributed by atoms with van der Waals surface area (Å²) in [6.45, 7) is 4.42. The zero-order chi connectivity index (χ0) is 19.0. The number of ether oxygens (including phenoxy) is 1. The molecule has 0 saturated carbocycles. The van der Waals surface area contributed by atoms with E-state index in [-0.39, 0.29) is 12.3 Å². The predicted molar refractivity (Wildman–Crippen MR) is 95.2 cm³/mol. The fourth-order valence-electron chi connectivity index (χ4n) is 3.80. The Morgan fingerprint density at radius 1 is 1.35 bits per heavy atom. The number of hydrogen-bond acceptors (Lipinski definition) is 5. The molecular formula is C18H24N4O4. The molecule has 1 N–H and O–H groups in total. The molecule has 8 heteroatoms. The third-order valence-electron chi connectivity index (χ3n) is 5.16. The minimum atomic E-state index is -0.925. The summed E-state index contributed by atoms with van der Waals surface area (Å²) in [6.07, 6.45) is 2.04. The molecule has 1 saturated heterocycles. The van der Waals surface area contributed by atoms with Gasteiger partial charge in [0, 0.05) is 25.7 Å². The summed E-state index contributed by atoms with van der Waals surface area (Å²) < 4.78 is 7.04. The van der Waals surface area contributed by atoms with Crippen LogP contribution in [0.3, 0.4) is 0 Å². The maximum atomic E-state index is 12.5. The zero-order valence-corrected chi connectivity index (χ0v) is 15.6. The molecule has 1 aliphatic heterocycles. The molecular weight excluding hydrogens is 336 g/mol. The van der Waals surface area contributed by atoms with Gasteiger partial charge < -0.3 is 14.7 Å². The van der Waals surface area contributed by atoms with Crippen LogP contribution in [0.15, 0.2) is 0 Å². The second kappa shape index (κ2) is 6.93. The number of methoxy groups -OCH3 is 1. The highest BCUT2D eigenvalue weighted by molar-refractivity contribution is 5.87. The van der Waals surface area contributed by atoms with Gasteiger partial charge in [-0.3, -0.25) is 4.79 Å². The van der Waals surface area contributed by atoms with E-state index >= 15 is 0 Å². The van der Waals surface area contributed by atoms with E-state index in [1.165, 1.54) is 4.90 Å². The first-order valence-electron chi connectivity index (χ1n) is 8.74. The van der Waals surface area contributed by atoms with Crippen molar-refractivity contribution in [2.45, 2.75) is 45.6 Å². The average molecular weight is 360 g/mol. The van der Waals surface area contributed by atoms with Crippen LogP contribution in [0, 0.1) is 13.8 Å². The van der Waals surface area contributed by atoms with Crippen molar-refractivity contribution < 1.29 is 19.4 Å². The van der Waals surface area contributed by atoms with Gasteiger partial charge in [0.25, 0.3) is 0 Å². The number of fused-ring (bicyclic) bond motifs is 1. The van der Waals surface area contributed by atoms with Crippen molar-refractivity contribution in [3.8, 4) is 5.88 Å². The van der Waals surface area contributed by atoms with Gasteiger partial charge in [-0.1, -0.05) is 0 Å². The molecule has 1 amide bonds. The molecule has 0 aliphatic carbocycles. The van der Waals surface area contributed by atoms with Gasteiger partial charge >= 0.3 is 5.97 Å². The van der Waals surface area contributed by atoms with Crippen LogP contribution in [0.25, 0.3) is 11.0 Å². The van der Waals surface area contributed by atoms with Crippen molar-refractivity contribution in [2.24, 2.45) is 7.05 Å². The maximum Gasteiger partial charge on any atom is 0.326 e. The van der Waals surface area contributed by atoms with E-state index in [1.54, 1.807) is 11.8 Å². The number of aryl methyl sites for hydroxylation is 3. The summed E-state index contributed by atoms with van der Waals surface area (Å²) in [5, 5.41) is 14.4. The largest absolute Gasteiger partial charge is 0.480 e. The third kappa shape index (κ3) is 3.00. The van der Waals surface area contributed by atoms with Crippen molar-refractivity contribution in [3.05, 3.63) is 16.8 Å². The smallest absolute Gasteiger partial charge is 0.326 e. The standard InChI is InChI=1S/C18H24N4O4/c1-10-12(7-8-14(23)22-9-5-6-13(22)18(24)25)11(2)19-16-15(10)17(26-4)20-21(16)3/h13H,5-9H2,1-4H3,(H,24,25)/t13-/m0/s1. The van der Waals surface area contributed by atoms with Crippen molar-refractivity contribution in [2.75, 3.05) is 13.7 Å². The van der Waals surface area contributed by atoms with E-state index in [0.29, 0.717) is 25.3 Å². The molecule has 0 unspecified atom stereocenters. The highest BCUT2D eigenvalue weighted by atomic mass is 16.5. The van der Waals surface area contributed by atoms with Gasteiger partial charge in [-0.2, -0.15) is 0 Å². The van der Waals surface area contributed by atoms with Crippen LogP contribution in [-0.2, 0) is 23.1 Å². The SMILES string of the molecule is COc1nn(C)c2nc(C)c(CCC(=O)N3CCC[C@H]3C(=O)O)c(C)c12. The first kappa shape index (κ1) is 18.2. The Balaban J connectivity index is 1.85. The second-order valence-corrected chi connectivity index (χ2v) is 6.72. The number of hydrogen-bond donors (Lipinski definition) is 1. The monoisotopic (exact) mass is 360 g/mol. The molecule has 2 aromatic heterocycles. The number of carbonyl (C=O) groups is 2. The van der Waals surface area contributed by atoms with E-state index in [1.807, 2.05) is 20.9 Å². The minimum Gasteiger partial charge on any atom is -0.480 e. The van der Waals surface area contributed by atoms with E-state index in [0.717, 1.165) is 34.3 Å². The lowest BCUT2D eigenvalue weighted by Gasteiger charge is -2.21. The van der Waals surface area contributed by atoms with E-state index in [9.17, 15) is 14.7 Å². The van der Waals surface area contributed by atoms with E-state index in [4.69, 9.17) is 4.74 Å². The molecule has 0 spiro atoms. The molecule has 0 bridgehead atoms. The lowest BCUT2D eigenvalue weighted by Crippen LogP contribution is -2.40. The van der Waals surface area contributed by atoms with Crippen molar-refractivity contribution >= 4 is 22.9 Å². The molecule has 3 rings (SSSR count). The van der Waals surface area contributed by atoms with Gasteiger partial charge in [0.05, 0.1) is 12.5 Å². The summed E-state index contributed by atoms with van der Waals surface area (Å²) >= 11 is 0. The molecule has 1 aliphatic rings. The van der Waals surface area contributed by atoms with Gasteiger partial charge in [0.2, 0.25) is 11.8 Å². The van der Waals surface area contributed by atoms with E-state index < -0.39 is 12.0 Å². The predicted octanol–water partition coefficient (Wildman–Crippen LogP) is 1.60. The Morgan fingerprint density at radius 2 is 2.08 bits per heavy atom. The number of carbonyl (C=O) groups excluding carboxylic acids is 1. The highest BCUT2D eigenvalue weighted by Gasteiger charge is 2.33. The van der Waals surface area contributed by atoms with Crippen LogP contribution in [-0.4, -0.2) is 56.3 Å². The topological polar surface area (TPSA) is 97.5 Å². The molecule has 140 valence electrons. The molecule has 1 fully saturated rings. The lowest BCUT2D eigenvalue weighted by atomic mass is 10.00. The second-order valence-electron chi connectivity index (χ2n) is 6.72. The third-order valence-corrected chi connectivity index (χ3v) is 5.16. The number of nitrogens with zero attached hydrogens (tertiary/aromatic N) is 4. The van der Waals surface area contributed by atoms with Crippen molar-refractivity contribution in [1.29, 1.82) is 0 Å². The number of carboxylic acid groups (broad SMARTS) is 1. The highest BCUT2D eigenvalue weighted by Crippen LogP contribution is 2.30. The lowest BCUT2D eigenvalue weighted by molar-refractivity contribution is -0.148.